The summed E-state index contributed by atoms with van der Waals surface area (Å²) >= 11 is 1.58. The van der Waals surface area contributed by atoms with E-state index in [4.69, 9.17) is 0 Å². The standard InChI is InChI=1S/C24H29N3O3S/c28-22(17-19-9-5-16-31-19)26-13-6-14-27(24(30)18-7-2-1-3-8-18)21-11-4-10-20(21)23(29)25-12-15-26/h1-3,5,7-9,16,20-21H,4,6,10-15,17H2,(H,25,29). The van der Waals surface area contributed by atoms with Crippen molar-refractivity contribution in [3.63, 3.8) is 0 Å². The van der Waals surface area contributed by atoms with Gasteiger partial charge in [-0.05, 0) is 42.8 Å². The molecule has 6 nitrogen and oxygen atoms in total. The van der Waals surface area contributed by atoms with Gasteiger partial charge in [-0.3, -0.25) is 14.4 Å². The van der Waals surface area contributed by atoms with Gasteiger partial charge in [0.1, 0.15) is 0 Å². The summed E-state index contributed by atoms with van der Waals surface area (Å²) in [6.07, 6.45) is 3.68. The van der Waals surface area contributed by atoms with Crippen molar-refractivity contribution in [3.05, 3.63) is 58.3 Å². The molecule has 1 aromatic carbocycles. The molecule has 2 fully saturated rings. The molecular formula is C24H29N3O3S. The van der Waals surface area contributed by atoms with Crippen molar-refractivity contribution in [3.8, 4) is 0 Å². The van der Waals surface area contributed by atoms with Gasteiger partial charge in [0, 0.05) is 42.7 Å². The number of carbonyl (C=O) groups excluding carboxylic acids is 3. The monoisotopic (exact) mass is 439 g/mol. The second kappa shape index (κ2) is 10.1. The predicted octanol–water partition coefficient (Wildman–Crippen LogP) is 2.95. The Balaban J connectivity index is 1.52. The van der Waals surface area contributed by atoms with Gasteiger partial charge in [-0.15, -0.1) is 11.3 Å². The maximum Gasteiger partial charge on any atom is 0.254 e. The molecule has 2 heterocycles. The summed E-state index contributed by atoms with van der Waals surface area (Å²) in [6, 6.07) is 13.1. The molecule has 164 valence electrons. The molecule has 1 aromatic heterocycles. The molecule has 4 rings (SSSR count). The molecule has 1 saturated carbocycles. The normalized spacial score (nSPS) is 22.4. The summed E-state index contributed by atoms with van der Waals surface area (Å²) < 4.78 is 0. The van der Waals surface area contributed by atoms with Crippen LogP contribution in [0.5, 0.6) is 0 Å². The molecule has 2 aliphatic rings. The first-order chi connectivity index (χ1) is 15.1. The molecule has 1 saturated heterocycles. The number of carbonyl (C=O) groups is 3. The number of amides is 3. The van der Waals surface area contributed by atoms with Gasteiger partial charge in [0.25, 0.3) is 5.91 Å². The topological polar surface area (TPSA) is 69.7 Å². The van der Waals surface area contributed by atoms with E-state index in [1.165, 1.54) is 0 Å². The SMILES string of the molecule is O=C1NCCN(C(=O)Cc2cccs2)CCCN(C(=O)c2ccccc2)C2CCCC12. The molecule has 1 aliphatic heterocycles. The summed E-state index contributed by atoms with van der Waals surface area (Å²) in [5.41, 5.74) is 0.647. The van der Waals surface area contributed by atoms with E-state index in [1.807, 2.05) is 57.6 Å². The van der Waals surface area contributed by atoms with Crippen LogP contribution in [0.15, 0.2) is 47.8 Å². The average molecular weight is 440 g/mol. The highest BCUT2D eigenvalue weighted by Crippen LogP contribution is 2.31. The Morgan fingerprint density at radius 2 is 1.84 bits per heavy atom. The maximum absolute atomic E-state index is 13.3. The lowest BCUT2D eigenvalue weighted by molar-refractivity contribution is -0.131. The largest absolute Gasteiger partial charge is 0.354 e. The van der Waals surface area contributed by atoms with E-state index in [2.05, 4.69) is 5.32 Å². The van der Waals surface area contributed by atoms with Crippen molar-refractivity contribution in [2.75, 3.05) is 26.2 Å². The van der Waals surface area contributed by atoms with Crippen molar-refractivity contribution in [2.45, 2.75) is 38.1 Å². The lowest BCUT2D eigenvalue weighted by Crippen LogP contribution is -2.47. The van der Waals surface area contributed by atoms with Crippen molar-refractivity contribution >= 4 is 29.1 Å². The third-order valence-corrected chi connectivity index (χ3v) is 7.14. The highest BCUT2D eigenvalue weighted by atomic mass is 32.1. The van der Waals surface area contributed by atoms with Crippen LogP contribution in [0.1, 0.15) is 40.9 Å². The fourth-order valence-corrected chi connectivity index (χ4v) is 5.39. The summed E-state index contributed by atoms with van der Waals surface area (Å²) in [5.74, 6) is -0.139. The first-order valence-corrected chi connectivity index (χ1v) is 12.0. The first kappa shape index (κ1) is 21.6. The van der Waals surface area contributed by atoms with Gasteiger partial charge >= 0.3 is 0 Å². The van der Waals surface area contributed by atoms with Gasteiger partial charge < -0.3 is 15.1 Å². The summed E-state index contributed by atoms with van der Waals surface area (Å²) in [6.45, 7) is 2.08. The number of hydrogen-bond donors (Lipinski definition) is 1. The van der Waals surface area contributed by atoms with E-state index in [9.17, 15) is 14.4 Å². The minimum Gasteiger partial charge on any atom is -0.354 e. The van der Waals surface area contributed by atoms with Crippen molar-refractivity contribution in [1.29, 1.82) is 0 Å². The first-order valence-electron chi connectivity index (χ1n) is 11.1. The van der Waals surface area contributed by atoms with Crippen LogP contribution in [-0.4, -0.2) is 59.7 Å². The Kier molecular flexibility index (Phi) is 7.02. The van der Waals surface area contributed by atoms with Crippen LogP contribution < -0.4 is 5.32 Å². The molecule has 1 aliphatic carbocycles. The van der Waals surface area contributed by atoms with Crippen molar-refractivity contribution < 1.29 is 14.4 Å². The number of hydrogen-bond acceptors (Lipinski definition) is 4. The van der Waals surface area contributed by atoms with Crippen LogP contribution in [0.2, 0.25) is 0 Å². The number of benzene rings is 1. The van der Waals surface area contributed by atoms with Crippen molar-refractivity contribution in [1.82, 2.24) is 15.1 Å². The molecule has 7 heteroatoms. The van der Waals surface area contributed by atoms with Crippen LogP contribution in [0.4, 0.5) is 0 Å². The fraction of sp³-hybridized carbons (Fsp3) is 0.458. The van der Waals surface area contributed by atoms with Crippen LogP contribution in [0.3, 0.4) is 0 Å². The average Bonchev–Trinajstić information content (AvgIpc) is 3.47. The van der Waals surface area contributed by atoms with E-state index < -0.39 is 0 Å². The molecule has 1 N–H and O–H groups in total. The van der Waals surface area contributed by atoms with Crippen LogP contribution >= 0.6 is 11.3 Å². The van der Waals surface area contributed by atoms with Gasteiger partial charge in [0.15, 0.2) is 0 Å². The maximum atomic E-state index is 13.3. The van der Waals surface area contributed by atoms with Gasteiger partial charge in [0.05, 0.1) is 12.3 Å². The van der Waals surface area contributed by atoms with E-state index in [-0.39, 0.29) is 29.7 Å². The van der Waals surface area contributed by atoms with Crippen LogP contribution in [0.25, 0.3) is 0 Å². The minimum absolute atomic E-state index is 0.000850. The number of nitrogens with one attached hydrogen (secondary N) is 1. The Labute approximate surface area is 187 Å². The van der Waals surface area contributed by atoms with E-state index in [0.717, 1.165) is 24.1 Å². The van der Waals surface area contributed by atoms with Gasteiger partial charge in [-0.2, -0.15) is 0 Å². The Bertz CT molecular complexity index is 900. The Morgan fingerprint density at radius 1 is 1.00 bits per heavy atom. The van der Waals surface area contributed by atoms with Crippen LogP contribution in [-0.2, 0) is 16.0 Å². The molecular weight excluding hydrogens is 410 g/mol. The second-order valence-electron chi connectivity index (χ2n) is 8.25. The van der Waals surface area contributed by atoms with E-state index in [1.54, 1.807) is 11.3 Å². The minimum atomic E-state index is -0.180. The smallest absolute Gasteiger partial charge is 0.254 e. The number of fused-ring (bicyclic) bond motifs is 1. The Morgan fingerprint density at radius 3 is 2.61 bits per heavy atom. The lowest BCUT2D eigenvalue weighted by Gasteiger charge is -2.33. The molecule has 2 atom stereocenters. The molecule has 31 heavy (non-hydrogen) atoms. The molecule has 0 bridgehead atoms. The third-order valence-electron chi connectivity index (χ3n) is 6.26. The third kappa shape index (κ3) is 5.15. The van der Waals surface area contributed by atoms with Crippen LogP contribution in [0, 0.1) is 5.92 Å². The quantitative estimate of drug-likeness (QED) is 0.800. The van der Waals surface area contributed by atoms with Gasteiger partial charge in [-0.1, -0.05) is 30.7 Å². The zero-order valence-electron chi connectivity index (χ0n) is 17.7. The second-order valence-corrected chi connectivity index (χ2v) is 9.28. The highest BCUT2D eigenvalue weighted by molar-refractivity contribution is 7.10. The number of nitrogens with zero attached hydrogens (tertiary/aromatic N) is 2. The van der Waals surface area contributed by atoms with Crippen molar-refractivity contribution in [2.24, 2.45) is 5.92 Å². The predicted molar refractivity (Wildman–Crippen MR) is 121 cm³/mol. The molecule has 0 spiro atoms. The van der Waals surface area contributed by atoms with Gasteiger partial charge in [0.2, 0.25) is 11.8 Å². The molecule has 0 radical (unpaired) electrons. The molecule has 2 unspecified atom stereocenters. The van der Waals surface area contributed by atoms with E-state index in [0.29, 0.717) is 44.6 Å². The molecule has 2 aromatic rings. The zero-order valence-corrected chi connectivity index (χ0v) is 18.5. The van der Waals surface area contributed by atoms with Gasteiger partial charge in [-0.25, -0.2) is 0 Å². The number of rotatable bonds is 3. The highest BCUT2D eigenvalue weighted by Gasteiger charge is 2.39. The van der Waals surface area contributed by atoms with E-state index >= 15 is 0 Å². The molecule has 3 amide bonds. The Hall–Kier alpha value is -2.67. The lowest BCUT2D eigenvalue weighted by atomic mass is 9.99. The fourth-order valence-electron chi connectivity index (χ4n) is 4.70. The number of thiophene rings is 1. The summed E-state index contributed by atoms with van der Waals surface area (Å²) in [5, 5.41) is 5.00. The zero-order chi connectivity index (χ0) is 21.6. The summed E-state index contributed by atoms with van der Waals surface area (Å²) in [4.78, 5) is 43.9. The summed E-state index contributed by atoms with van der Waals surface area (Å²) in [7, 11) is 0.